The number of fused-ring (bicyclic) bond motifs is 1. The van der Waals surface area contributed by atoms with Gasteiger partial charge in [-0.25, -0.2) is 15.0 Å². The van der Waals surface area contributed by atoms with Gasteiger partial charge in [-0.1, -0.05) is 58.4 Å². The number of nitrogens with zero attached hydrogens (tertiary/aromatic N) is 4. The van der Waals surface area contributed by atoms with Crippen molar-refractivity contribution in [3.63, 3.8) is 0 Å². The molecule has 9 heteroatoms. The zero-order chi connectivity index (χ0) is 21.1. The fourth-order valence-electron chi connectivity index (χ4n) is 2.69. The van der Waals surface area contributed by atoms with E-state index < -0.39 is 11.9 Å². The predicted octanol–water partition coefficient (Wildman–Crippen LogP) is 5.92. The first-order valence-corrected chi connectivity index (χ1v) is 9.55. The van der Waals surface area contributed by atoms with Crippen molar-refractivity contribution in [1.29, 1.82) is 0 Å². The third-order valence-electron chi connectivity index (χ3n) is 4.14. The summed E-state index contributed by atoms with van der Waals surface area (Å²) in [6, 6.07) is 18.6. The summed E-state index contributed by atoms with van der Waals surface area (Å²) in [6.07, 6.45) is -2.99. The summed E-state index contributed by atoms with van der Waals surface area (Å²) >= 11 is 3.36. The third kappa shape index (κ3) is 4.46. The first-order chi connectivity index (χ1) is 14.4. The normalized spacial score (nSPS) is 11.9. The van der Waals surface area contributed by atoms with Gasteiger partial charge in [-0.2, -0.15) is 18.3 Å². The molecule has 5 nitrogen and oxygen atoms in total. The van der Waals surface area contributed by atoms with Gasteiger partial charge in [-0.05, 0) is 29.8 Å². The summed E-state index contributed by atoms with van der Waals surface area (Å²) in [6.45, 7) is 0. The molecule has 1 N–H and O–H groups in total. The van der Waals surface area contributed by atoms with Crippen molar-refractivity contribution >= 4 is 39.0 Å². The van der Waals surface area contributed by atoms with Gasteiger partial charge in [0.2, 0.25) is 0 Å². The van der Waals surface area contributed by atoms with E-state index in [-0.39, 0.29) is 17.3 Å². The summed E-state index contributed by atoms with van der Waals surface area (Å²) in [4.78, 5) is 12.4. The Labute approximate surface area is 177 Å². The van der Waals surface area contributed by atoms with Gasteiger partial charge in [-0.15, -0.1) is 0 Å². The zero-order valence-electron chi connectivity index (χ0n) is 15.2. The average Bonchev–Trinajstić information content (AvgIpc) is 2.74. The third-order valence-corrected chi connectivity index (χ3v) is 4.66. The van der Waals surface area contributed by atoms with Crippen LogP contribution in [0.25, 0.3) is 22.4 Å². The maximum absolute atomic E-state index is 13.1. The molecule has 0 fully saturated rings. The Hall–Kier alpha value is -3.33. The van der Waals surface area contributed by atoms with Crippen LogP contribution in [0.4, 0.5) is 19.0 Å². The lowest BCUT2D eigenvalue weighted by Gasteiger charge is -2.10. The van der Waals surface area contributed by atoms with Crippen LogP contribution in [0, 0.1) is 0 Å². The highest BCUT2D eigenvalue weighted by atomic mass is 79.9. The minimum absolute atomic E-state index is 0.0694. The fraction of sp³-hybridized carbons (Fsp3) is 0.0476. The highest BCUT2D eigenvalue weighted by Gasteiger charge is 2.33. The second kappa shape index (κ2) is 8.19. The molecular formula is C21H13BrF3N5. The number of nitrogens with one attached hydrogen (secondary N) is 1. The van der Waals surface area contributed by atoms with Crippen LogP contribution in [0.2, 0.25) is 0 Å². The molecule has 150 valence electrons. The lowest BCUT2D eigenvalue weighted by Crippen LogP contribution is -2.09. The van der Waals surface area contributed by atoms with E-state index in [1.807, 2.05) is 30.3 Å². The van der Waals surface area contributed by atoms with Crippen molar-refractivity contribution in [2.24, 2.45) is 5.10 Å². The Morgan fingerprint density at radius 1 is 0.867 bits per heavy atom. The molecule has 4 aromatic rings. The van der Waals surface area contributed by atoms with Crippen molar-refractivity contribution in [2.45, 2.75) is 6.18 Å². The highest BCUT2D eigenvalue weighted by molar-refractivity contribution is 9.10. The summed E-state index contributed by atoms with van der Waals surface area (Å²) in [5.41, 5.74) is 3.21. The molecule has 30 heavy (non-hydrogen) atoms. The Morgan fingerprint density at radius 3 is 2.30 bits per heavy atom. The number of pyridine rings is 1. The number of aromatic nitrogens is 3. The molecule has 2 heterocycles. The molecule has 0 unspecified atom stereocenters. The molecule has 4 rings (SSSR count). The number of hydrazone groups is 1. The van der Waals surface area contributed by atoms with Crippen LogP contribution in [-0.2, 0) is 6.18 Å². The maximum Gasteiger partial charge on any atom is 0.433 e. The van der Waals surface area contributed by atoms with E-state index in [0.717, 1.165) is 16.1 Å². The maximum atomic E-state index is 13.1. The lowest BCUT2D eigenvalue weighted by molar-refractivity contribution is -0.141. The molecular weight excluding hydrogens is 459 g/mol. The number of rotatable bonds is 4. The van der Waals surface area contributed by atoms with Gasteiger partial charge in [0.1, 0.15) is 5.69 Å². The van der Waals surface area contributed by atoms with Gasteiger partial charge in [0, 0.05) is 10.0 Å². The van der Waals surface area contributed by atoms with E-state index in [9.17, 15) is 13.2 Å². The summed E-state index contributed by atoms with van der Waals surface area (Å²) in [7, 11) is 0. The SMILES string of the molecule is FC(F)(F)c1ccc2c(NN=Cc3ccc(Br)cc3)nc(-c3ccccc3)nc2n1. The molecule has 0 amide bonds. The molecule has 0 aliphatic rings. The molecule has 0 atom stereocenters. The number of hydrogen-bond acceptors (Lipinski definition) is 5. The van der Waals surface area contributed by atoms with E-state index in [2.05, 4.69) is 41.4 Å². The quantitative estimate of drug-likeness (QED) is 0.296. The molecule has 0 saturated carbocycles. The van der Waals surface area contributed by atoms with E-state index in [4.69, 9.17) is 0 Å². The Kier molecular flexibility index (Phi) is 5.45. The van der Waals surface area contributed by atoms with E-state index in [1.165, 1.54) is 6.07 Å². The number of anilines is 1. The highest BCUT2D eigenvalue weighted by Crippen LogP contribution is 2.31. The van der Waals surface area contributed by atoms with Crippen LogP contribution >= 0.6 is 15.9 Å². The number of alkyl halides is 3. The first kappa shape index (κ1) is 20.0. The van der Waals surface area contributed by atoms with E-state index in [1.54, 1.807) is 30.5 Å². The standard InChI is InChI=1S/C21H13BrF3N5/c22-15-8-6-13(7-9-15)12-26-30-20-16-10-11-17(21(23,24)25)27-19(16)28-18(29-20)14-4-2-1-3-5-14/h1-12H,(H,27,28,29,30). The van der Waals surface area contributed by atoms with Crippen molar-refractivity contribution in [3.8, 4) is 11.4 Å². The Bertz CT molecular complexity index is 1210. The van der Waals surface area contributed by atoms with Crippen molar-refractivity contribution in [3.05, 3.63) is 82.5 Å². The summed E-state index contributed by atoms with van der Waals surface area (Å²) in [5.74, 6) is 0.504. The second-order valence-corrected chi connectivity index (χ2v) is 7.16. The fourth-order valence-corrected chi connectivity index (χ4v) is 2.95. The Morgan fingerprint density at radius 2 is 1.60 bits per heavy atom. The molecule has 0 saturated heterocycles. The van der Waals surface area contributed by atoms with Gasteiger partial charge in [-0.3, -0.25) is 5.43 Å². The second-order valence-electron chi connectivity index (χ2n) is 6.25. The predicted molar refractivity (Wildman–Crippen MR) is 113 cm³/mol. The topological polar surface area (TPSA) is 63.1 Å². The molecule has 0 spiro atoms. The van der Waals surface area contributed by atoms with E-state index in [0.29, 0.717) is 10.9 Å². The zero-order valence-corrected chi connectivity index (χ0v) is 16.8. The van der Waals surface area contributed by atoms with Gasteiger partial charge >= 0.3 is 6.18 Å². The number of hydrogen-bond donors (Lipinski definition) is 1. The van der Waals surface area contributed by atoms with Crippen LogP contribution < -0.4 is 5.43 Å². The molecule has 0 radical (unpaired) electrons. The van der Waals surface area contributed by atoms with Crippen molar-refractivity contribution in [1.82, 2.24) is 15.0 Å². The van der Waals surface area contributed by atoms with Gasteiger partial charge in [0.15, 0.2) is 17.3 Å². The van der Waals surface area contributed by atoms with Gasteiger partial charge in [0.05, 0.1) is 11.6 Å². The van der Waals surface area contributed by atoms with Crippen LogP contribution in [0.3, 0.4) is 0 Å². The number of halogens is 4. The monoisotopic (exact) mass is 471 g/mol. The summed E-state index contributed by atoms with van der Waals surface area (Å²) in [5, 5.41) is 4.50. The molecule has 2 aromatic heterocycles. The van der Waals surface area contributed by atoms with Crippen LogP contribution in [0.15, 0.2) is 76.3 Å². The smallest absolute Gasteiger partial charge is 0.261 e. The van der Waals surface area contributed by atoms with Crippen molar-refractivity contribution < 1.29 is 13.2 Å². The van der Waals surface area contributed by atoms with Gasteiger partial charge in [0.25, 0.3) is 0 Å². The van der Waals surface area contributed by atoms with Gasteiger partial charge < -0.3 is 0 Å². The van der Waals surface area contributed by atoms with Crippen LogP contribution in [0.5, 0.6) is 0 Å². The van der Waals surface area contributed by atoms with E-state index >= 15 is 0 Å². The molecule has 0 aliphatic heterocycles. The summed E-state index contributed by atoms with van der Waals surface area (Å²) < 4.78 is 40.3. The average molecular weight is 472 g/mol. The number of benzene rings is 2. The Balaban J connectivity index is 1.77. The van der Waals surface area contributed by atoms with Crippen LogP contribution in [-0.4, -0.2) is 21.2 Å². The lowest BCUT2D eigenvalue weighted by atomic mass is 10.2. The molecule has 0 aliphatic carbocycles. The first-order valence-electron chi connectivity index (χ1n) is 8.76. The van der Waals surface area contributed by atoms with Crippen molar-refractivity contribution in [2.75, 3.05) is 5.43 Å². The minimum Gasteiger partial charge on any atom is -0.261 e. The largest absolute Gasteiger partial charge is 0.433 e. The van der Waals surface area contributed by atoms with Crippen LogP contribution in [0.1, 0.15) is 11.3 Å². The molecule has 2 aromatic carbocycles. The minimum atomic E-state index is -4.57. The molecule has 0 bridgehead atoms.